The van der Waals surface area contributed by atoms with E-state index in [9.17, 15) is 0 Å². The maximum absolute atomic E-state index is 5.13. The van der Waals surface area contributed by atoms with Crippen molar-refractivity contribution in [1.29, 1.82) is 0 Å². The summed E-state index contributed by atoms with van der Waals surface area (Å²) in [6, 6.07) is 7.70. The number of hydrogen-bond acceptors (Lipinski definition) is 5. The highest BCUT2D eigenvalue weighted by Crippen LogP contribution is 2.14. The van der Waals surface area contributed by atoms with E-state index in [2.05, 4.69) is 15.5 Å². The van der Waals surface area contributed by atoms with Crippen molar-refractivity contribution in [3.63, 3.8) is 0 Å². The topological polar surface area (TPSA) is 46.5 Å². The number of ether oxygens (including phenoxy) is 1. The van der Waals surface area contributed by atoms with Crippen LogP contribution in [0.3, 0.4) is 0 Å². The molecule has 0 aliphatic carbocycles. The fraction of sp³-hybridized carbons (Fsp3) is 0.167. The largest absolute Gasteiger partial charge is 0.497 e. The first kappa shape index (κ1) is 11.6. The number of rotatable bonds is 4. The van der Waals surface area contributed by atoms with Crippen molar-refractivity contribution >= 4 is 22.7 Å². The van der Waals surface area contributed by atoms with Crippen molar-refractivity contribution in [2.45, 2.75) is 6.92 Å². The summed E-state index contributed by atoms with van der Waals surface area (Å²) in [7, 11) is 1.65. The number of nitrogens with one attached hydrogen (secondary N) is 1. The van der Waals surface area contributed by atoms with Gasteiger partial charge in [-0.25, -0.2) is 4.98 Å². The minimum absolute atomic E-state index is 0.793. The summed E-state index contributed by atoms with van der Waals surface area (Å²) in [5.41, 5.74) is 4.86. The fourth-order valence-corrected chi connectivity index (χ4v) is 1.93. The normalized spacial score (nSPS) is 10.7. The van der Waals surface area contributed by atoms with Gasteiger partial charge in [0.15, 0.2) is 0 Å². The highest BCUT2D eigenvalue weighted by atomic mass is 32.1. The minimum atomic E-state index is 0.793. The summed E-state index contributed by atoms with van der Waals surface area (Å²) in [6.07, 6.45) is 1.74. The Balaban J connectivity index is 2.00. The third-order valence-electron chi connectivity index (χ3n) is 2.09. The lowest BCUT2D eigenvalue weighted by molar-refractivity contribution is 0.415. The summed E-state index contributed by atoms with van der Waals surface area (Å²) in [4.78, 5) is 4.24. The SMILES string of the molecule is COc1cccc(/C=N/Nc2nc(C)cs2)c1. The van der Waals surface area contributed by atoms with Crippen molar-refractivity contribution in [2.75, 3.05) is 12.5 Å². The monoisotopic (exact) mass is 247 g/mol. The van der Waals surface area contributed by atoms with E-state index in [1.54, 1.807) is 13.3 Å². The van der Waals surface area contributed by atoms with Crippen LogP contribution in [0.2, 0.25) is 0 Å². The fourth-order valence-electron chi connectivity index (χ4n) is 1.29. The second-order valence-corrected chi connectivity index (χ2v) is 4.30. The number of thiazole rings is 1. The van der Waals surface area contributed by atoms with Crippen molar-refractivity contribution < 1.29 is 4.74 Å². The Hall–Kier alpha value is -1.88. The van der Waals surface area contributed by atoms with Crippen molar-refractivity contribution in [1.82, 2.24) is 4.98 Å². The van der Waals surface area contributed by atoms with Gasteiger partial charge in [0.2, 0.25) is 5.13 Å². The van der Waals surface area contributed by atoms with Crippen LogP contribution in [0.5, 0.6) is 5.75 Å². The molecule has 0 atom stereocenters. The summed E-state index contributed by atoms with van der Waals surface area (Å²) in [6.45, 7) is 1.95. The second-order valence-electron chi connectivity index (χ2n) is 3.44. The maximum atomic E-state index is 5.13. The zero-order valence-corrected chi connectivity index (χ0v) is 10.5. The van der Waals surface area contributed by atoms with E-state index in [0.717, 1.165) is 22.1 Å². The zero-order chi connectivity index (χ0) is 12.1. The Kier molecular flexibility index (Phi) is 3.72. The summed E-state index contributed by atoms with van der Waals surface area (Å²) in [5, 5.41) is 6.89. The van der Waals surface area contributed by atoms with Crippen molar-refractivity contribution in [3.8, 4) is 5.75 Å². The molecular weight excluding hydrogens is 234 g/mol. The van der Waals surface area contributed by atoms with Crippen LogP contribution in [0.15, 0.2) is 34.7 Å². The van der Waals surface area contributed by atoms with Gasteiger partial charge in [0.1, 0.15) is 5.75 Å². The molecule has 0 aliphatic rings. The molecule has 17 heavy (non-hydrogen) atoms. The molecule has 0 unspecified atom stereocenters. The van der Waals surface area contributed by atoms with Gasteiger partial charge < -0.3 is 4.74 Å². The van der Waals surface area contributed by atoms with Crippen LogP contribution in [0.1, 0.15) is 11.3 Å². The standard InChI is InChI=1S/C12H13N3OS/c1-9-8-17-12(14-9)15-13-7-10-4-3-5-11(6-10)16-2/h3-8H,1-2H3,(H,14,15)/b13-7+. The minimum Gasteiger partial charge on any atom is -0.497 e. The third-order valence-corrected chi connectivity index (χ3v) is 2.95. The highest BCUT2D eigenvalue weighted by Gasteiger charge is 1.95. The zero-order valence-electron chi connectivity index (χ0n) is 9.68. The lowest BCUT2D eigenvalue weighted by atomic mass is 10.2. The first-order valence-electron chi connectivity index (χ1n) is 5.13. The quantitative estimate of drug-likeness (QED) is 0.667. The van der Waals surface area contributed by atoms with Gasteiger partial charge in [-0.15, -0.1) is 11.3 Å². The first-order valence-corrected chi connectivity index (χ1v) is 6.01. The molecule has 4 nitrogen and oxygen atoms in total. The molecule has 0 aliphatic heterocycles. The molecule has 1 N–H and O–H groups in total. The van der Waals surface area contributed by atoms with Gasteiger partial charge in [0.05, 0.1) is 19.0 Å². The Bertz CT molecular complexity index is 522. The molecule has 0 saturated heterocycles. The van der Waals surface area contributed by atoms with Crippen molar-refractivity contribution in [3.05, 3.63) is 40.9 Å². The van der Waals surface area contributed by atoms with E-state index in [4.69, 9.17) is 4.74 Å². The van der Waals surface area contributed by atoms with Gasteiger partial charge >= 0.3 is 0 Å². The molecule has 0 radical (unpaired) electrons. The average Bonchev–Trinajstić information content (AvgIpc) is 2.75. The van der Waals surface area contributed by atoms with Crippen LogP contribution < -0.4 is 10.2 Å². The molecule has 1 heterocycles. The number of aromatic nitrogens is 1. The van der Waals surface area contributed by atoms with E-state index in [-0.39, 0.29) is 0 Å². The van der Waals surface area contributed by atoms with E-state index >= 15 is 0 Å². The lowest BCUT2D eigenvalue weighted by Gasteiger charge is -1.99. The highest BCUT2D eigenvalue weighted by molar-refractivity contribution is 7.13. The molecule has 2 rings (SSSR count). The smallest absolute Gasteiger partial charge is 0.203 e. The molecule has 88 valence electrons. The Morgan fingerprint density at radius 1 is 1.47 bits per heavy atom. The predicted molar refractivity (Wildman–Crippen MR) is 71.1 cm³/mol. The molecule has 0 amide bonds. The van der Waals surface area contributed by atoms with E-state index in [1.807, 2.05) is 36.6 Å². The summed E-state index contributed by atoms with van der Waals surface area (Å²) < 4.78 is 5.13. The van der Waals surface area contributed by atoms with Crippen molar-refractivity contribution in [2.24, 2.45) is 5.10 Å². The molecule has 0 bridgehead atoms. The molecule has 0 spiro atoms. The number of aryl methyl sites for hydroxylation is 1. The Morgan fingerprint density at radius 2 is 2.35 bits per heavy atom. The third kappa shape index (κ3) is 3.29. The average molecular weight is 247 g/mol. The first-order chi connectivity index (χ1) is 8.28. The van der Waals surface area contributed by atoms with Crippen LogP contribution >= 0.6 is 11.3 Å². The Labute approximate surface area is 104 Å². The number of hydrazone groups is 1. The second kappa shape index (κ2) is 5.45. The van der Waals surface area contributed by atoms with E-state index in [0.29, 0.717) is 0 Å². The molecular formula is C12H13N3OS. The van der Waals surface area contributed by atoms with Crippen LogP contribution in [-0.4, -0.2) is 18.3 Å². The molecule has 1 aromatic carbocycles. The van der Waals surface area contributed by atoms with Gasteiger partial charge in [0, 0.05) is 5.38 Å². The van der Waals surface area contributed by atoms with Gasteiger partial charge in [-0.1, -0.05) is 12.1 Å². The number of methoxy groups -OCH3 is 1. The van der Waals surface area contributed by atoms with Crippen LogP contribution in [-0.2, 0) is 0 Å². The number of hydrogen-bond donors (Lipinski definition) is 1. The van der Waals surface area contributed by atoms with Crippen LogP contribution in [0.4, 0.5) is 5.13 Å². The van der Waals surface area contributed by atoms with Crippen LogP contribution in [0, 0.1) is 6.92 Å². The number of nitrogens with zero attached hydrogens (tertiary/aromatic N) is 2. The molecule has 0 saturated carbocycles. The molecule has 0 fully saturated rings. The predicted octanol–water partition coefficient (Wildman–Crippen LogP) is 2.91. The number of benzene rings is 1. The van der Waals surface area contributed by atoms with Gasteiger partial charge in [-0.3, -0.25) is 5.43 Å². The molecule has 5 heteroatoms. The van der Waals surface area contributed by atoms with Crippen LogP contribution in [0.25, 0.3) is 0 Å². The lowest BCUT2D eigenvalue weighted by Crippen LogP contribution is -1.91. The van der Waals surface area contributed by atoms with Gasteiger partial charge in [0.25, 0.3) is 0 Å². The van der Waals surface area contributed by atoms with Gasteiger partial charge in [-0.05, 0) is 24.6 Å². The number of anilines is 1. The van der Waals surface area contributed by atoms with Gasteiger partial charge in [-0.2, -0.15) is 5.10 Å². The maximum Gasteiger partial charge on any atom is 0.203 e. The Morgan fingerprint density at radius 3 is 3.06 bits per heavy atom. The molecule has 2 aromatic rings. The molecule has 1 aromatic heterocycles. The van der Waals surface area contributed by atoms with E-state index < -0.39 is 0 Å². The summed E-state index contributed by atoms with van der Waals surface area (Å²) >= 11 is 1.53. The van der Waals surface area contributed by atoms with E-state index in [1.165, 1.54) is 11.3 Å². The summed E-state index contributed by atoms with van der Waals surface area (Å²) in [5.74, 6) is 0.819.